The van der Waals surface area contributed by atoms with Crippen LogP contribution in [-0.2, 0) is 4.79 Å². The molecule has 2 heterocycles. The second-order valence-electron chi connectivity index (χ2n) is 8.06. The summed E-state index contributed by atoms with van der Waals surface area (Å²) in [6.07, 6.45) is 3.36. The van der Waals surface area contributed by atoms with Gasteiger partial charge in [-0.25, -0.2) is 4.68 Å². The Bertz CT molecular complexity index is 1450. The number of nitrogens with one attached hydrogen (secondary N) is 1. The fourth-order valence-corrected chi connectivity index (χ4v) is 3.76. The molecule has 4 aromatic rings. The Kier molecular flexibility index (Phi) is 6.01. The highest BCUT2D eigenvalue weighted by Gasteiger charge is 2.18. The van der Waals surface area contributed by atoms with Crippen LogP contribution < -0.4 is 14.8 Å². The molecule has 1 amide bonds. The average molecular weight is 463 g/mol. The van der Waals surface area contributed by atoms with Gasteiger partial charge < -0.3 is 14.8 Å². The molecule has 0 radical (unpaired) electrons. The van der Waals surface area contributed by atoms with Crippen molar-refractivity contribution in [1.29, 1.82) is 5.26 Å². The smallest absolute Gasteiger partial charge is 0.266 e. The number of aromatic nitrogens is 2. The van der Waals surface area contributed by atoms with Crippen LogP contribution in [-0.4, -0.2) is 28.9 Å². The molecule has 35 heavy (non-hydrogen) atoms. The normalized spacial score (nSPS) is 12.6. The van der Waals surface area contributed by atoms with Crippen LogP contribution in [0.25, 0.3) is 23.0 Å². The minimum Gasteiger partial charge on any atom is -0.486 e. The van der Waals surface area contributed by atoms with E-state index in [1.165, 1.54) is 0 Å². The Morgan fingerprint density at radius 3 is 2.51 bits per heavy atom. The number of hydrogen-bond donors (Lipinski definition) is 1. The molecule has 0 aliphatic carbocycles. The fraction of sp³-hybridized carbons (Fsp3) is 0.107. The number of ether oxygens (including phenoxy) is 2. The summed E-state index contributed by atoms with van der Waals surface area (Å²) in [7, 11) is 0. The maximum atomic E-state index is 12.9. The number of benzene rings is 3. The van der Waals surface area contributed by atoms with Gasteiger partial charge >= 0.3 is 0 Å². The standard InChI is InChI=1S/C28H22N4O3/c1-19-7-10-23(11-8-19)30-28(33)21(17-29)15-22-18-32(24-5-3-2-4-6-24)31-27(22)20-9-12-25-26(16-20)35-14-13-34-25/h2-12,15-16,18H,13-14H2,1H3,(H,30,33). The van der Waals surface area contributed by atoms with Crippen molar-refractivity contribution in [2.45, 2.75) is 6.92 Å². The number of carbonyl (C=O) groups excluding carboxylic acids is 1. The van der Waals surface area contributed by atoms with Crippen LogP contribution in [0.3, 0.4) is 0 Å². The number of anilines is 1. The molecule has 7 nitrogen and oxygen atoms in total. The zero-order chi connectivity index (χ0) is 24.2. The van der Waals surface area contributed by atoms with Gasteiger partial charge in [0.2, 0.25) is 0 Å². The number of carbonyl (C=O) groups is 1. The number of amides is 1. The van der Waals surface area contributed by atoms with Gasteiger partial charge in [0.15, 0.2) is 11.5 Å². The molecule has 172 valence electrons. The number of nitriles is 1. The maximum Gasteiger partial charge on any atom is 0.266 e. The monoisotopic (exact) mass is 462 g/mol. The lowest BCUT2D eigenvalue weighted by Gasteiger charge is -2.18. The number of nitrogens with zero attached hydrogens (tertiary/aromatic N) is 3. The molecule has 0 unspecified atom stereocenters. The van der Waals surface area contributed by atoms with Gasteiger partial charge in [-0.3, -0.25) is 4.79 Å². The van der Waals surface area contributed by atoms with Crippen LogP contribution in [0.1, 0.15) is 11.1 Å². The van der Waals surface area contributed by atoms with Gasteiger partial charge in [-0.2, -0.15) is 10.4 Å². The predicted octanol–water partition coefficient (Wildman–Crippen LogP) is 5.16. The van der Waals surface area contributed by atoms with E-state index in [4.69, 9.17) is 14.6 Å². The summed E-state index contributed by atoms with van der Waals surface area (Å²) in [5, 5.41) is 17.3. The molecular formula is C28H22N4O3. The van der Waals surface area contributed by atoms with Crippen molar-refractivity contribution in [3.8, 4) is 34.5 Å². The molecule has 0 fully saturated rings. The molecule has 7 heteroatoms. The summed E-state index contributed by atoms with van der Waals surface area (Å²) in [5.74, 6) is 0.822. The summed E-state index contributed by atoms with van der Waals surface area (Å²) in [5.41, 5.74) is 4.55. The van der Waals surface area contributed by atoms with Crippen LogP contribution >= 0.6 is 0 Å². The first-order valence-electron chi connectivity index (χ1n) is 11.2. The molecule has 0 saturated heterocycles. The summed E-state index contributed by atoms with van der Waals surface area (Å²) >= 11 is 0. The number of fused-ring (bicyclic) bond motifs is 1. The summed E-state index contributed by atoms with van der Waals surface area (Å²) < 4.78 is 13.1. The molecular weight excluding hydrogens is 440 g/mol. The van der Waals surface area contributed by atoms with Crippen LogP contribution in [0.5, 0.6) is 11.5 Å². The largest absolute Gasteiger partial charge is 0.486 e. The molecule has 1 aromatic heterocycles. The third-order valence-corrected chi connectivity index (χ3v) is 5.55. The lowest BCUT2D eigenvalue weighted by Crippen LogP contribution is -2.15. The van der Waals surface area contributed by atoms with Crippen LogP contribution in [0.2, 0.25) is 0 Å². The summed E-state index contributed by atoms with van der Waals surface area (Å²) in [6.45, 7) is 2.94. The average Bonchev–Trinajstić information content (AvgIpc) is 3.32. The maximum absolute atomic E-state index is 12.9. The predicted molar refractivity (Wildman–Crippen MR) is 133 cm³/mol. The quantitative estimate of drug-likeness (QED) is 0.327. The van der Waals surface area contributed by atoms with E-state index in [9.17, 15) is 10.1 Å². The fourth-order valence-electron chi connectivity index (χ4n) is 3.76. The molecule has 0 bridgehead atoms. The second kappa shape index (κ2) is 9.57. The van der Waals surface area contributed by atoms with Gasteiger partial charge in [-0.1, -0.05) is 35.9 Å². The van der Waals surface area contributed by atoms with Crippen molar-refractivity contribution >= 4 is 17.7 Å². The van der Waals surface area contributed by atoms with Crippen LogP contribution in [0.15, 0.2) is 84.6 Å². The van der Waals surface area contributed by atoms with Crippen LogP contribution in [0.4, 0.5) is 5.69 Å². The molecule has 3 aromatic carbocycles. The Morgan fingerprint density at radius 2 is 1.77 bits per heavy atom. The molecule has 0 spiro atoms. The van der Waals surface area contributed by atoms with E-state index in [-0.39, 0.29) is 5.57 Å². The van der Waals surface area contributed by atoms with E-state index in [0.29, 0.717) is 41.7 Å². The molecule has 5 rings (SSSR count). The van der Waals surface area contributed by atoms with E-state index < -0.39 is 5.91 Å². The van der Waals surface area contributed by atoms with Gasteiger partial charge in [-0.05, 0) is 55.5 Å². The first kappa shape index (κ1) is 22.0. The van der Waals surface area contributed by atoms with Crippen molar-refractivity contribution in [3.63, 3.8) is 0 Å². The Labute approximate surface area is 202 Å². The first-order valence-corrected chi connectivity index (χ1v) is 11.2. The van der Waals surface area contributed by atoms with Crippen molar-refractivity contribution in [2.75, 3.05) is 18.5 Å². The van der Waals surface area contributed by atoms with Gasteiger partial charge in [0, 0.05) is 23.0 Å². The SMILES string of the molecule is Cc1ccc(NC(=O)C(C#N)=Cc2cn(-c3ccccc3)nc2-c2ccc3c(c2)OCCO3)cc1. The molecule has 1 aliphatic heterocycles. The molecule has 0 saturated carbocycles. The van der Waals surface area contributed by atoms with Gasteiger partial charge in [0.05, 0.1) is 5.69 Å². The third-order valence-electron chi connectivity index (χ3n) is 5.55. The molecule has 1 aliphatic rings. The van der Waals surface area contributed by atoms with E-state index >= 15 is 0 Å². The van der Waals surface area contributed by atoms with Crippen molar-refractivity contribution in [3.05, 3.63) is 95.7 Å². The highest BCUT2D eigenvalue weighted by atomic mass is 16.6. The highest BCUT2D eigenvalue weighted by molar-refractivity contribution is 6.10. The minimum absolute atomic E-state index is 0.0306. The zero-order valence-electron chi connectivity index (χ0n) is 19.1. The van der Waals surface area contributed by atoms with Gasteiger partial charge in [-0.15, -0.1) is 0 Å². The Balaban J connectivity index is 1.55. The van der Waals surface area contributed by atoms with Gasteiger partial charge in [0.1, 0.15) is 30.6 Å². The first-order chi connectivity index (χ1) is 17.1. The topological polar surface area (TPSA) is 89.2 Å². The van der Waals surface area contributed by atoms with Crippen molar-refractivity contribution in [2.24, 2.45) is 0 Å². The minimum atomic E-state index is -0.489. The van der Waals surface area contributed by atoms with E-state index in [0.717, 1.165) is 16.8 Å². The second-order valence-corrected chi connectivity index (χ2v) is 8.06. The van der Waals surface area contributed by atoms with E-state index in [1.54, 1.807) is 29.1 Å². The van der Waals surface area contributed by atoms with E-state index in [2.05, 4.69) is 5.32 Å². The number of para-hydroxylation sites is 1. The highest BCUT2D eigenvalue weighted by Crippen LogP contribution is 2.36. The zero-order valence-corrected chi connectivity index (χ0v) is 19.1. The summed E-state index contributed by atoms with van der Waals surface area (Å²) in [4.78, 5) is 12.9. The van der Waals surface area contributed by atoms with Crippen LogP contribution in [0, 0.1) is 18.3 Å². The van der Waals surface area contributed by atoms with Gasteiger partial charge in [0.25, 0.3) is 5.91 Å². The Hall–Kier alpha value is -4.83. The number of aryl methyl sites for hydroxylation is 1. The number of rotatable bonds is 5. The van der Waals surface area contributed by atoms with Crippen molar-refractivity contribution in [1.82, 2.24) is 9.78 Å². The number of hydrogen-bond acceptors (Lipinski definition) is 5. The molecule has 0 atom stereocenters. The lowest BCUT2D eigenvalue weighted by atomic mass is 10.0. The Morgan fingerprint density at radius 1 is 1.03 bits per heavy atom. The lowest BCUT2D eigenvalue weighted by molar-refractivity contribution is -0.112. The van der Waals surface area contributed by atoms with E-state index in [1.807, 2.05) is 73.7 Å². The third kappa shape index (κ3) is 4.77. The summed E-state index contributed by atoms with van der Waals surface area (Å²) in [6, 6.07) is 24.7. The van der Waals surface area contributed by atoms with Crippen molar-refractivity contribution < 1.29 is 14.3 Å². The molecule has 1 N–H and O–H groups in total.